The van der Waals surface area contributed by atoms with Gasteiger partial charge in [0.25, 0.3) is 0 Å². The average Bonchev–Trinajstić information content (AvgIpc) is 2.74. The van der Waals surface area contributed by atoms with Gasteiger partial charge in [-0.15, -0.1) is 0 Å². The first-order chi connectivity index (χ1) is 14.6. The van der Waals surface area contributed by atoms with Gasteiger partial charge in [0, 0.05) is 31.1 Å². The lowest BCUT2D eigenvalue weighted by Gasteiger charge is -2.45. The summed E-state index contributed by atoms with van der Waals surface area (Å²) in [6.45, 7) is 9.44. The number of piperidine rings is 1. The lowest BCUT2D eigenvalue weighted by Crippen LogP contribution is -2.56. The first kappa shape index (κ1) is 19.8. The van der Waals surface area contributed by atoms with Gasteiger partial charge < -0.3 is 10.2 Å². The lowest BCUT2D eigenvalue weighted by atomic mass is 9.99. The lowest BCUT2D eigenvalue weighted by molar-refractivity contribution is 0.252. The van der Waals surface area contributed by atoms with Crippen molar-refractivity contribution in [3.8, 4) is 0 Å². The number of anilines is 3. The van der Waals surface area contributed by atoms with Gasteiger partial charge in [0.2, 0.25) is 0 Å². The van der Waals surface area contributed by atoms with Gasteiger partial charge in [-0.1, -0.05) is 11.6 Å². The maximum Gasteiger partial charge on any atom is 0.327 e. The Kier molecular flexibility index (Phi) is 5.61. The SMILES string of the molecule is C=N/C=C(\C=C(C)C)c1ccc2c(n1)N(C(=O)Nc1cccnc1)[C@H]1CCCN2C1. The molecule has 2 amide bonds. The quantitative estimate of drug-likeness (QED) is 0.603. The van der Waals surface area contributed by atoms with Gasteiger partial charge in [0.05, 0.1) is 29.3 Å². The molecule has 0 radical (unpaired) electrons. The van der Waals surface area contributed by atoms with E-state index in [9.17, 15) is 4.79 Å². The van der Waals surface area contributed by atoms with Crippen LogP contribution in [0.15, 0.2) is 59.5 Å². The second-order valence-corrected chi connectivity index (χ2v) is 7.81. The van der Waals surface area contributed by atoms with Crippen LogP contribution in [-0.2, 0) is 0 Å². The van der Waals surface area contributed by atoms with Gasteiger partial charge in [0.15, 0.2) is 5.82 Å². The Bertz CT molecular complexity index is 1010. The fourth-order valence-corrected chi connectivity index (χ4v) is 4.05. The van der Waals surface area contributed by atoms with Crippen LogP contribution in [-0.4, -0.2) is 41.8 Å². The number of rotatable bonds is 4. The van der Waals surface area contributed by atoms with E-state index in [0.717, 1.165) is 48.5 Å². The number of carbonyl (C=O) groups excluding carboxylic acids is 1. The highest BCUT2D eigenvalue weighted by Crippen LogP contribution is 2.39. The Labute approximate surface area is 176 Å². The number of nitrogens with zero attached hydrogens (tertiary/aromatic N) is 5. The summed E-state index contributed by atoms with van der Waals surface area (Å²) in [6.07, 6.45) is 9.05. The third kappa shape index (κ3) is 3.96. The molecule has 1 N–H and O–H groups in total. The molecule has 1 atom stereocenters. The van der Waals surface area contributed by atoms with Crippen molar-refractivity contribution in [3.05, 3.63) is 60.2 Å². The number of hydrogen-bond donors (Lipinski definition) is 1. The monoisotopic (exact) mass is 402 g/mol. The topological polar surface area (TPSA) is 73.7 Å². The van der Waals surface area contributed by atoms with Crippen molar-refractivity contribution in [2.45, 2.75) is 32.7 Å². The van der Waals surface area contributed by atoms with Crippen molar-refractivity contribution in [1.82, 2.24) is 9.97 Å². The third-order valence-electron chi connectivity index (χ3n) is 5.29. The molecule has 7 nitrogen and oxygen atoms in total. The van der Waals surface area contributed by atoms with Gasteiger partial charge in [-0.2, -0.15) is 0 Å². The number of amides is 2. The molecule has 2 aromatic heterocycles. The van der Waals surface area contributed by atoms with Crippen molar-refractivity contribution in [3.63, 3.8) is 0 Å². The molecule has 0 saturated carbocycles. The number of aromatic nitrogens is 2. The van der Waals surface area contributed by atoms with Crippen LogP contribution in [0.2, 0.25) is 0 Å². The van der Waals surface area contributed by atoms with Crippen molar-refractivity contribution >= 4 is 35.5 Å². The predicted octanol–water partition coefficient (Wildman–Crippen LogP) is 4.51. The van der Waals surface area contributed by atoms with E-state index in [1.54, 1.807) is 24.7 Å². The Morgan fingerprint density at radius 2 is 2.20 bits per heavy atom. The molecule has 30 heavy (non-hydrogen) atoms. The van der Waals surface area contributed by atoms with E-state index >= 15 is 0 Å². The fourth-order valence-electron chi connectivity index (χ4n) is 4.05. The van der Waals surface area contributed by atoms with Crippen LogP contribution in [0, 0.1) is 0 Å². The van der Waals surface area contributed by atoms with Crippen LogP contribution in [0.4, 0.5) is 22.0 Å². The Hall–Kier alpha value is -3.48. The zero-order valence-electron chi connectivity index (χ0n) is 17.4. The first-order valence-electron chi connectivity index (χ1n) is 10.1. The molecule has 2 aliphatic heterocycles. The van der Waals surface area contributed by atoms with Gasteiger partial charge in [0.1, 0.15) is 0 Å². The van der Waals surface area contributed by atoms with Gasteiger partial charge in [-0.05, 0) is 57.7 Å². The zero-order valence-corrected chi connectivity index (χ0v) is 17.4. The number of pyridine rings is 2. The molecule has 4 heterocycles. The largest absolute Gasteiger partial charge is 0.366 e. The number of fused-ring (bicyclic) bond motifs is 4. The molecule has 0 aromatic carbocycles. The van der Waals surface area contributed by atoms with E-state index in [1.165, 1.54) is 0 Å². The van der Waals surface area contributed by atoms with E-state index in [1.807, 2.05) is 37.0 Å². The van der Waals surface area contributed by atoms with Crippen molar-refractivity contribution < 1.29 is 4.79 Å². The summed E-state index contributed by atoms with van der Waals surface area (Å²) in [4.78, 5) is 30.4. The van der Waals surface area contributed by atoms with E-state index in [4.69, 9.17) is 4.98 Å². The summed E-state index contributed by atoms with van der Waals surface area (Å²) in [5.41, 5.74) is 4.42. The Balaban J connectivity index is 1.76. The van der Waals surface area contributed by atoms with Crippen LogP contribution in [0.5, 0.6) is 0 Å². The van der Waals surface area contributed by atoms with Crippen molar-refractivity contribution in [1.29, 1.82) is 0 Å². The Morgan fingerprint density at radius 3 is 2.93 bits per heavy atom. The van der Waals surface area contributed by atoms with Crippen molar-refractivity contribution in [2.75, 3.05) is 28.2 Å². The summed E-state index contributed by atoms with van der Waals surface area (Å²) in [5.74, 6) is 0.682. The summed E-state index contributed by atoms with van der Waals surface area (Å²) in [6, 6.07) is 7.57. The van der Waals surface area contributed by atoms with Crippen LogP contribution in [0.1, 0.15) is 32.4 Å². The van der Waals surface area contributed by atoms with Gasteiger partial charge >= 0.3 is 6.03 Å². The van der Waals surface area contributed by atoms with E-state index in [0.29, 0.717) is 11.5 Å². The van der Waals surface area contributed by atoms with E-state index in [-0.39, 0.29) is 12.1 Å². The molecule has 154 valence electrons. The minimum atomic E-state index is -0.185. The number of aliphatic imine (C=N–C) groups is 1. The molecular formula is C23H26N6O. The number of carbonyl (C=O) groups is 1. The maximum absolute atomic E-state index is 13.3. The number of urea groups is 1. The van der Waals surface area contributed by atoms with Crippen LogP contribution in [0.25, 0.3) is 5.57 Å². The van der Waals surface area contributed by atoms with Gasteiger partial charge in [-0.3, -0.25) is 14.9 Å². The summed E-state index contributed by atoms with van der Waals surface area (Å²) in [5, 5.41) is 2.97. The summed E-state index contributed by atoms with van der Waals surface area (Å²) in [7, 11) is 0. The highest BCUT2D eigenvalue weighted by molar-refractivity contribution is 6.04. The summed E-state index contributed by atoms with van der Waals surface area (Å²) >= 11 is 0. The minimum Gasteiger partial charge on any atom is -0.366 e. The van der Waals surface area contributed by atoms with Crippen LogP contribution < -0.4 is 15.1 Å². The normalized spacial score (nSPS) is 17.8. The molecule has 0 spiro atoms. The standard InChI is InChI=1S/C23H26N6O/c1-16(2)12-17(13-24-3)20-8-9-21-22(27-20)29(19-7-5-11-28(21)15-19)23(30)26-18-6-4-10-25-14-18/h4,6,8-10,12-14,19H,3,5,7,11,15H2,1-2H3,(H,26,30)/b17-13+/t19-/m0/s1. The highest BCUT2D eigenvalue weighted by Gasteiger charge is 2.38. The predicted molar refractivity (Wildman–Crippen MR) is 122 cm³/mol. The minimum absolute atomic E-state index is 0.0825. The smallest absolute Gasteiger partial charge is 0.327 e. The second-order valence-electron chi connectivity index (χ2n) is 7.81. The molecule has 2 bridgehead atoms. The fraction of sp³-hybridized carbons (Fsp3) is 0.304. The zero-order chi connectivity index (χ0) is 21.1. The Morgan fingerprint density at radius 1 is 1.33 bits per heavy atom. The van der Waals surface area contributed by atoms with E-state index < -0.39 is 0 Å². The molecule has 1 fully saturated rings. The number of hydrogen-bond acceptors (Lipinski definition) is 5. The molecule has 1 saturated heterocycles. The maximum atomic E-state index is 13.3. The van der Waals surface area contributed by atoms with Crippen LogP contribution >= 0.6 is 0 Å². The van der Waals surface area contributed by atoms with Gasteiger partial charge in [-0.25, -0.2) is 9.78 Å². The molecule has 2 aromatic rings. The molecule has 7 heteroatoms. The number of allylic oxidation sites excluding steroid dienone is 3. The van der Waals surface area contributed by atoms with Crippen LogP contribution in [0.3, 0.4) is 0 Å². The number of nitrogens with one attached hydrogen (secondary N) is 1. The van der Waals surface area contributed by atoms with Crippen molar-refractivity contribution in [2.24, 2.45) is 4.99 Å². The summed E-state index contributed by atoms with van der Waals surface area (Å²) < 4.78 is 0. The molecule has 0 aliphatic carbocycles. The molecule has 4 rings (SSSR count). The molecule has 2 aliphatic rings. The highest BCUT2D eigenvalue weighted by atomic mass is 16.2. The average molecular weight is 403 g/mol. The first-order valence-corrected chi connectivity index (χ1v) is 10.1. The molecule has 0 unspecified atom stereocenters. The molecular weight excluding hydrogens is 376 g/mol. The van der Waals surface area contributed by atoms with E-state index in [2.05, 4.69) is 33.0 Å². The second kappa shape index (κ2) is 8.49. The third-order valence-corrected chi connectivity index (χ3v) is 5.29.